The quantitative estimate of drug-likeness (QED) is 0.677. The van der Waals surface area contributed by atoms with Crippen molar-refractivity contribution in [2.45, 2.75) is 26.1 Å². The zero-order chi connectivity index (χ0) is 19.4. The van der Waals surface area contributed by atoms with E-state index in [-0.39, 0.29) is 5.43 Å². The molecule has 0 aliphatic rings. The van der Waals surface area contributed by atoms with Crippen molar-refractivity contribution in [1.29, 1.82) is 0 Å². The Morgan fingerprint density at radius 1 is 1.04 bits per heavy atom. The second-order valence-electron chi connectivity index (χ2n) is 6.26. The molecule has 0 aliphatic heterocycles. The van der Waals surface area contributed by atoms with Gasteiger partial charge in [0, 0.05) is 26.1 Å². The van der Waals surface area contributed by atoms with Gasteiger partial charge in [-0.3, -0.25) is 4.79 Å². The molecule has 4 heteroatoms. The third-order valence-corrected chi connectivity index (χ3v) is 5.28. The highest BCUT2D eigenvalue weighted by Crippen LogP contribution is 2.32. The lowest BCUT2D eigenvalue weighted by molar-refractivity contribution is 0.237. The van der Waals surface area contributed by atoms with Gasteiger partial charge in [-0.15, -0.1) is 11.3 Å². The standard InChI is InChI=1S/C23H20O3S/c1-15(24)12-13-18(16(2)25)14-20-22(26)19-10-6-7-11-21(19)27-23(20)17-8-4-3-5-9-17/h3-11,14-16,24-25H,1-2H3/b18-14+. The maximum atomic E-state index is 13.2. The van der Waals surface area contributed by atoms with Crippen LogP contribution >= 0.6 is 11.3 Å². The molecule has 2 atom stereocenters. The Labute approximate surface area is 162 Å². The molecule has 0 fully saturated rings. The summed E-state index contributed by atoms with van der Waals surface area (Å²) >= 11 is 1.54. The Balaban J connectivity index is 2.33. The lowest BCUT2D eigenvalue weighted by atomic mass is 10.0. The normalized spacial score (nSPS) is 13.7. The van der Waals surface area contributed by atoms with E-state index in [2.05, 4.69) is 11.8 Å². The van der Waals surface area contributed by atoms with E-state index in [1.807, 2.05) is 54.6 Å². The molecule has 2 aromatic carbocycles. The summed E-state index contributed by atoms with van der Waals surface area (Å²) in [6, 6.07) is 17.2. The first-order valence-corrected chi connectivity index (χ1v) is 9.49. The molecule has 0 amide bonds. The predicted molar refractivity (Wildman–Crippen MR) is 113 cm³/mol. The molecule has 136 valence electrons. The van der Waals surface area contributed by atoms with Gasteiger partial charge >= 0.3 is 0 Å². The fraction of sp³-hybridized carbons (Fsp3) is 0.174. The Morgan fingerprint density at radius 2 is 1.70 bits per heavy atom. The van der Waals surface area contributed by atoms with E-state index in [4.69, 9.17) is 0 Å². The van der Waals surface area contributed by atoms with Crippen LogP contribution in [-0.4, -0.2) is 22.4 Å². The monoisotopic (exact) mass is 376 g/mol. The van der Waals surface area contributed by atoms with Gasteiger partial charge in [-0.25, -0.2) is 0 Å². The molecule has 3 rings (SSSR count). The summed E-state index contributed by atoms with van der Waals surface area (Å²) in [7, 11) is 0. The van der Waals surface area contributed by atoms with Crippen molar-refractivity contribution in [3.8, 4) is 22.3 Å². The molecule has 0 spiro atoms. The van der Waals surface area contributed by atoms with Crippen molar-refractivity contribution >= 4 is 27.5 Å². The number of aliphatic hydroxyl groups is 2. The smallest absolute Gasteiger partial charge is 0.195 e. The Hall–Kier alpha value is -2.71. The molecule has 0 radical (unpaired) electrons. The van der Waals surface area contributed by atoms with Crippen LogP contribution in [0.5, 0.6) is 0 Å². The van der Waals surface area contributed by atoms with Crippen LogP contribution in [0.15, 0.2) is 65.0 Å². The first-order chi connectivity index (χ1) is 13.0. The van der Waals surface area contributed by atoms with E-state index in [1.165, 1.54) is 11.3 Å². The molecule has 27 heavy (non-hydrogen) atoms. The lowest BCUT2D eigenvalue weighted by Gasteiger charge is -2.10. The zero-order valence-electron chi connectivity index (χ0n) is 15.1. The van der Waals surface area contributed by atoms with Gasteiger partial charge in [0.1, 0.15) is 6.10 Å². The summed E-state index contributed by atoms with van der Waals surface area (Å²) < 4.78 is 0.909. The Bertz CT molecular complexity index is 1100. The summed E-state index contributed by atoms with van der Waals surface area (Å²) in [4.78, 5) is 14.0. The van der Waals surface area contributed by atoms with Gasteiger partial charge in [0.05, 0.1) is 6.10 Å². The fourth-order valence-electron chi connectivity index (χ4n) is 2.70. The fourth-order valence-corrected chi connectivity index (χ4v) is 3.85. The summed E-state index contributed by atoms with van der Waals surface area (Å²) in [5.74, 6) is 5.44. The number of fused-ring (bicyclic) bond motifs is 1. The van der Waals surface area contributed by atoms with Gasteiger partial charge < -0.3 is 10.2 Å². The minimum absolute atomic E-state index is 0.0970. The highest BCUT2D eigenvalue weighted by atomic mass is 32.1. The average Bonchev–Trinajstić information content (AvgIpc) is 2.66. The minimum atomic E-state index is -0.851. The third-order valence-electron chi connectivity index (χ3n) is 4.04. The largest absolute Gasteiger partial charge is 0.388 e. The van der Waals surface area contributed by atoms with Gasteiger partial charge in [0.15, 0.2) is 5.43 Å². The minimum Gasteiger partial charge on any atom is -0.388 e. The van der Waals surface area contributed by atoms with Gasteiger partial charge in [-0.2, -0.15) is 0 Å². The van der Waals surface area contributed by atoms with Gasteiger partial charge in [0.2, 0.25) is 0 Å². The zero-order valence-corrected chi connectivity index (χ0v) is 16.0. The number of rotatable bonds is 3. The van der Waals surface area contributed by atoms with Crippen molar-refractivity contribution in [3.05, 3.63) is 76.0 Å². The summed E-state index contributed by atoms with van der Waals surface area (Å²) in [6.45, 7) is 3.15. The van der Waals surface area contributed by atoms with E-state index in [9.17, 15) is 15.0 Å². The second kappa shape index (κ2) is 8.32. The van der Waals surface area contributed by atoms with Crippen molar-refractivity contribution in [3.63, 3.8) is 0 Å². The summed E-state index contributed by atoms with van der Waals surface area (Å²) in [6.07, 6.45) is -0.0178. The van der Waals surface area contributed by atoms with Crippen LogP contribution in [0.4, 0.5) is 0 Å². The Kier molecular flexibility index (Phi) is 5.88. The maximum absolute atomic E-state index is 13.2. The second-order valence-corrected chi connectivity index (χ2v) is 7.31. The molecule has 1 aromatic heterocycles. The van der Waals surface area contributed by atoms with Crippen LogP contribution in [0.25, 0.3) is 26.6 Å². The maximum Gasteiger partial charge on any atom is 0.195 e. The third kappa shape index (κ3) is 4.35. The molecule has 0 aliphatic carbocycles. The SMILES string of the molecule is CC(O)C#C/C(=C\c1c(-c2ccccc2)sc2ccccc2c1=O)C(C)O. The predicted octanol–water partition coefficient (Wildman–Crippen LogP) is 4.08. The highest BCUT2D eigenvalue weighted by molar-refractivity contribution is 7.21. The Morgan fingerprint density at radius 3 is 2.37 bits per heavy atom. The first-order valence-electron chi connectivity index (χ1n) is 8.68. The summed E-state index contributed by atoms with van der Waals surface area (Å²) in [5.41, 5.74) is 1.73. The molecule has 2 unspecified atom stereocenters. The topological polar surface area (TPSA) is 57.5 Å². The lowest BCUT2D eigenvalue weighted by Crippen LogP contribution is -2.10. The van der Waals surface area contributed by atoms with Crippen molar-refractivity contribution in [2.24, 2.45) is 0 Å². The molecule has 0 saturated heterocycles. The van der Waals surface area contributed by atoms with E-state index in [0.29, 0.717) is 16.5 Å². The van der Waals surface area contributed by atoms with E-state index in [0.717, 1.165) is 15.1 Å². The van der Waals surface area contributed by atoms with Crippen molar-refractivity contribution in [1.82, 2.24) is 0 Å². The number of hydrogen-bond acceptors (Lipinski definition) is 4. The van der Waals surface area contributed by atoms with Gasteiger partial charge in [0.25, 0.3) is 0 Å². The van der Waals surface area contributed by atoms with E-state index < -0.39 is 12.2 Å². The van der Waals surface area contributed by atoms with Crippen LogP contribution in [0, 0.1) is 11.8 Å². The summed E-state index contributed by atoms with van der Waals surface area (Å²) in [5, 5.41) is 20.2. The molecule has 0 bridgehead atoms. The molecule has 2 N–H and O–H groups in total. The average molecular weight is 376 g/mol. The van der Waals surface area contributed by atoms with Crippen LogP contribution in [0.2, 0.25) is 0 Å². The van der Waals surface area contributed by atoms with Gasteiger partial charge in [-0.05, 0) is 37.6 Å². The molecule has 3 aromatic rings. The van der Waals surface area contributed by atoms with Gasteiger partial charge in [-0.1, -0.05) is 54.3 Å². The van der Waals surface area contributed by atoms with Crippen molar-refractivity contribution in [2.75, 3.05) is 0 Å². The molecule has 3 nitrogen and oxygen atoms in total. The van der Waals surface area contributed by atoms with E-state index in [1.54, 1.807) is 19.9 Å². The van der Waals surface area contributed by atoms with E-state index >= 15 is 0 Å². The molecular weight excluding hydrogens is 356 g/mol. The van der Waals surface area contributed by atoms with Crippen LogP contribution in [-0.2, 0) is 0 Å². The molecule has 0 saturated carbocycles. The highest BCUT2D eigenvalue weighted by Gasteiger charge is 2.14. The number of aliphatic hydroxyl groups excluding tert-OH is 2. The molecular formula is C23H20O3S. The van der Waals surface area contributed by atoms with Crippen LogP contribution in [0.1, 0.15) is 19.4 Å². The van der Waals surface area contributed by atoms with Crippen LogP contribution < -0.4 is 5.43 Å². The number of benzene rings is 2. The number of hydrogen-bond donors (Lipinski definition) is 2. The molecule has 1 heterocycles. The first kappa shape index (κ1) is 19.1. The van der Waals surface area contributed by atoms with Crippen molar-refractivity contribution < 1.29 is 10.2 Å². The van der Waals surface area contributed by atoms with Crippen LogP contribution in [0.3, 0.4) is 0 Å².